The first kappa shape index (κ1) is 20.5. The molecule has 0 radical (unpaired) electrons. The van der Waals surface area contributed by atoms with Crippen LogP contribution in [0, 0.1) is 0 Å². The molecule has 0 saturated carbocycles. The molecule has 0 saturated heterocycles. The molecular formula is C23H32O2Si. The van der Waals surface area contributed by atoms with E-state index in [0.717, 1.165) is 30.3 Å². The van der Waals surface area contributed by atoms with E-state index in [1.807, 2.05) is 12.1 Å². The highest BCUT2D eigenvalue weighted by molar-refractivity contribution is 6.73. The van der Waals surface area contributed by atoms with E-state index in [0.29, 0.717) is 0 Å². The van der Waals surface area contributed by atoms with Crippen LogP contribution in [0.15, 0.2) is 60.7 Å². The van der Waals surface area contributed by atoms with Crippen molar-refractivity contribution in [3.05, 3.63) is 71.8 Å². The van der Waals surface area contributed by atoms with E-state index in [9.17, 15) is 0 Å². The molecule has 0 N–H and O–H groups in total. The highest BCUT2D eigenvalue weighted by Crippen LogP contribution is 2.33. The summed E-state index contributed by atoms with van der Waals surface area (Å²) in [6, 6.07) is 22.2. The molecule has 2 rings (SSSR count). The largest absolute Gasteiger partial charge is 0.497 e. The maximum atomic E-state index is 6.84. The van der Waals surface area contributed by atoms with Crippen LogP contribution in [0.5, 0.6) is 5.75 Å². The van der Waals surface area contributed by atoms with Crippen LogP contribution in [-0.2, 0) is 4.43 Å². The van der Waals surface area contributed by atoms with E-state index < -0.39 is 8.32 Å². The predicted molar refractivity (Wildman–Crippen MR) is 114 cm³/mol. The van der Waals surface area contributed by atoms with Gasteiger partial charge in [-0.15, -0.1) is 0 Å². The normalized spacial score (nSPS) is 13.1. The zero-order valence-electron chi connectivity index (χ0n) is 16.6. The fraction of sp³-hybridized carbons (Fsp3) is 0.391. The van der Waals surface area contributed by atoms with Gasteiger partial charge in [-0.05, 0) is 47.8 Å². The molecule has 0 aliphatic carbocycles. The smallest absolute Gasteiger partial charge is 0.192 e. The third kappa shape index (κ3) is 5.58. The number of rotatable bonds is 10. The van der Waals surface area contributed by atoms with Crippen LogP contribution in [0.25, 0.3) is 6.08 Å². The molecule has 0 bridgehead atoms. The minimum absolute atomic E-state index is 0.0802. The summed E-state index contributed by atoms with van der Waals surface area (Å²) in [6.45, 7) is 6.84. The van der Waals surface area contributed by atoms with E-state index in [4.69, 9.17) is 9.16 Å². The van der Waals surface area contributed by atoms with Crippen LogP contribution in [0.1, 0.15) is 44.4 Å². The van der Waals surface area contributed by atoms with Gasteiger partial charge in [0.2, 0.25) is 0 Å². The van der Waals surface area contributed by atoms with Gasteiger partial charge in [0.15, 0.2) is 8.32 Å². The summed E-state index contributed by atoms with van der Waals surface area (Å²) in [4.78, 5) is 0. The molecule has 0 aliphatic rings. The maximum Gasteiger partial charge on any atom is 0.192 e. The standard InChI is InChI=1S/C23H32O2Si/c1-5-26(6-2,7-3)25-23(21-16-12-17-22(19-21)24-4)18-11-15-20-13-9-8-10-14-20/h8-17,19,23H,5-7,18H2,1-4H3/b15-11+. The lowest BCUT2D eigenvalue weighted by molar-refractivity contribution is 0.193. The Balaban J connectivity index is 2.24. The molecule has 140 valence electrons. The highest BCUT2D eigenvalue weighted by Gasteiger charge is 2.32. The van der Waals surface area contributed by atoms with Gasteiger partial charge in [-0.3, -0.25) is 0 Å². The molecule has 2 aromatic rings. The second kappa shape index (κ2) is 10.3. The molecule has 0 aromatic heterocycles. The zero-order valence-corrected chi connectivity index (χ0v) is 17.6. The first-order valence-electron chi connectivity index (χ1n) is 9.69. The van der Waals surface area contributed by atoms with Crippen molar-refractivity contribution in [2.45, 2.75) is 51.4 Å². The molecule has 2 aromatic carbocycles. The second-order valence-electron chi connectivity index (χ2n) is 6.68. The molecule has 0 amide bonds. The Kier molecular flexibility index (Phi) is 8.14. The molecule has 26 heavy (non-hydrogen) atoms. The fourth-order valence-corrected chi connectivity index (χ4v) is 6.12. The van der Waals surface area contributed by atoms with Gasteiger partial charge >= 0.3 is 0 Å². The highest BCUT2D eigenvalue weighted by atomic mass is 28.4. The van der Waals surface area contributed by atoms with Crippen LogP contribution >= 0.6 is 0 Å². The summed E-state index contributed by atoms with van der Waals surface area (Å²) < 4.78 is 12.3. The van der Waals surface area contributed by atoms with Crippen LogP contribution in [-0.4, -0.2) is 15.4 Å². The van der Waals surface area contributed by atoms with Gasteiger partial charge in [-0.1, -0.05) is 75.4 Å². The minimum atomic E-state index is -1.69. The number of hydrogen-bond donors (Lipinski definition) is 0. The summed E-state index contributed by atoms with van der Waals surface area (Å²) in [5, 5.41) is 0. The van der Waals surface area contributed by atoms with Crippen molar-refractivity contribution >= 4 is 14.4 Å². The van der Waals surface area contributed by atoms with Crippen molar-refractivity contribution in [3.63, 3.8) is 0 Å². The molecule has 1 unspecified atom stereocenters. The Morgan fingerprint density at radius 3 is 2.23 bits per heavy atom. The van der Waals surface area contributed by atoms with Crippen molar-refractivity contribution < 1.29 is 9.16 Å². The molecule has 0 aliphatic heterocycles. The van der Waals surface area contributed by atoms with Crippen LogP contribution < -0.4 is 4.74 Å². The van der Waals surface area contributed by atoms with Gasteiger partial charge in [-0.2, -0.15) is 0 Å². The quantitative estimate of drug-likeness (QED) is 0.426. The van der Waals surface area contributed by atoms with Crippen LogP contribution in [0.4, 0.5) is 0 Å². The zero-order chi connectivity index (χ0) is 18.8. The van der Waals surface area contributed by atoms with E-state index in [-0.39, 0.29) is 6.10 Å². The lowest BCUT2D eigenvalue weighted by atomic mass is 10.1. The van der Waals surface area contributed by atoms with Crippen LogP contribution in [0.2, 0.25) is 18.1 Å². The van der Waals surface area contributed by atoms with Gasteiger partial charge < -0.3 is 9.16 Å². The summed E-state index contributed by atoms with van der Waals surface area (Å²) in [7, 11) is 0.0209. The van der Waals surface area contributed by atoms with E-state index in [1.54, 1.807) is 7.11 Å². The Hall–Kier alpha value is -1.84. The SMILES string of the molecule is CC[Si](CC)(CC)OC(C/C=C/c1ccccc1)c1cccc(OC)c1. The minimum Gasteiger partial charge on any atom is -0.497 e. The number of ether oxygens (including phenoxy) is 1. The first-order valence-corrected chi connectivity index (χ1v) is 12.2. The van der Waals surface area contributed by atoms with Gasteiger partial charge in [0, 0.05) is 0 Å². The third-order valence-corrected chi connectivity index (χ3v) is 9.90. The average Bonchev–Trinajstić information content (AvgIpc) is 2.72. The Morgan fingerprint density at radius 2 is 1.62 bits per heavy atom. The van der Waals surface area contributed by atoms with Gasteiger partial charge in [-0.25, -0.2) is 0 Å². The lowest BCUT2D eigenvalue weighted by Crippen LogP contribution is -2.37. The number of methoxy groups -OCH3 is 1. The van der Waals surface area contributed by atoms with Gasteiger partial charge in [0.1, 0.15) is 5.75 Å². The molecule has 0 fully saturated rings. The van der Waals surface area contributed by atoms with Crippen molar-refractivity contribution in [1.82, 2.24) is 0 Å². The third-order valence-electron chi connectivity index (χ3n) is 5.25. The average molecular weight is 369 g/mol. The van der Waals surface area contributed by atoms with Crippen molar-refractivity contribution in [3.8, 4) is 5.75 Å². The summed E-state index contributed by atoms with van der Waals surface area (Å²) in [6.07, 6.45) is 5.37. The Morgan fingerprint density at radius 1 is 0.923 bits per heavy atom. The Bertz CT molecular complexity index is 669. The Labute approximate surface area is 160 Å². The molecule has 1 atom stereocenters. The van der Waals surface area contributed by atoms with Gasteiger partial charge in [0.25, 0.3) is 0 Å². The summed E-state index contributed by atoms with van der Waals surface area (Å²) in [5.41, 5.74) is 2.43. The number of hydrogen-bond acceptors (Lipinski definition) is 2. The van der Waals surface area contributed by atoms with Crippen molar-refractivity contribution in [2.24, 2.45) is 0 Å². The van der Waals surface area contributed by atoms with Crippen LogP contribution in [0.3, 0.4) is 0 Å². The first-order chi connectivity index (χ1) is 12.7. The van der Waals surface area contributed by atoms with E-state index in [1.165, 1.54) is 11.1 Å². The predicted octanol–water partition coefficient (Wildman–Crippen LogP) is 6.86. The fourth-order valence-electron chi connectivity index (χ4n) is 3.29. The topological polar surface area (TPSA) is 18.5 Å². The van der Waals surface area contributed by atoms with Crippen molar-refractivity contribution in [1.29, 1.82) is 0 Å². The van der Waals surface area contributed by atoms with Gasteiger partial charge in [0.05, 0.1) is 13.2 Å². The molecular weight excluding hydrogens is 336 g/mol. The molecule has 3 heteroatoms. The van der Waals surface area contributed by atoms with E-state index >= 15 is 0 Å². The summed E-state index contributed by atoms with van der Waals surface area (Å²) in [5.74, 6) is 0.889. The molecule has 0 heterocycles. The maximum absolute atomic E-state index is 6.84. The number of benzene rings is 2. The lowest BCUT2D eigenvalue weighted by Gasteiger charge is -2.33. The van der Waals surface area contributed by atoms with E-state index in [2.05, 4.69) is 75.4 Å². The molecule has 2 nitrogen and oxygen atoms in total. The monoisotopic (exact) mass is 368 g/mol. The second-order valence-corrected chi connectivity index (χ2v) is 11.4. The molecule has 0 spiro atoms. The van der Waals surface area contributed by atoms with Crippen molar-refractivity contribution in [2.75, 3.05) is 7.11 Å². The summed E-state index contributed by atoms with van der Waals surface area (Å²) >= 11 is 0.